The van der Waals surface area contributed by atoms with E-state index in [-0.39, 0.29) is 5.91 Å². The van der Waals surface area contributed by atoms with Crippen LogP contribution in [-0.2, 0) is 7.05 Å². The molecule has 1 atom stereocenters. The maximum atomic E-state index is 12.0. The molecule has 0 bridgehead atoms. The fraction of sp³-hybridized carbons (Fsp3) is 0.600. The van der Waals surface area contributed by atoms with E-state index in [2.05, 4.69) is 21.0 Å². The maximum absolute atomic E-state index is 12.0. The molecule has 0 fully saturated rings. The molecule has 15 heavy (non-hydrogen) atoms. The fourth-order valence-corrected chi connectivity index (χ4v) is 1.81. The Morgan fingerprint density at radius 3 is 2.73 bits per heavy atom. The van der Waals surface area contributed by atoms with Crippen molar-refractivity contribution in [3.63, 3.8) is 0 Å². The Hall–Kier alpha value is -0.840. The van der Waals surface area contributed by atoms with Crippen LogP contribution in [0.2, 0.25) is 0 Å². The zero-order chi connectivity index (χ0) is 11.6. The van der Waals surface area contributed by atoms with E-state index in [9.17, 15) is 4.79 Å². The smallest absolute Gasteiger partial charge is 0.257 e. The maximum Gasteiger partial charge on any atom is 0.257 e. The standard InChI is InChI=1S/C10H16BrN3O/c1-7(11)6-13(3)10(15)9-5-12-14(4)8(9)2/h5,7H,6H2,1-4H3. The van der Waals surface area contributed by atoms with Crippen LogP contribution >= 0.6 is 15.9 Å². The summed E-state index contributed by atoms with van der Waals surface area (Å²) in [5, 5.41) is 4.06. The third kappa shape index (κ3) is 2.81. The van der Waals surface area contributed by atoms with Gasteiger partial charge >= 0.3 is 0 Å². The van der Waals surface area contributed by atoms with Crippen molar-refractivity contribution >= 4 is 21.8 Å². The minimum atomic E-state index is 0.0203. The molecular formula is C10H16BrN3O. The lowest BCUT2D eigenvalue weighted by atomic mass is 10.2. The molecule has 84 valence electrons. The summed E-state index contributed by atoms with van der Waals surface area (Å²) in [7, 11) is 3.63. The highest BCUT2D eigenvalue weighted by Crippen LogP contribution is 2.10. The molecule has 0 saturated heterocycles. The van der Waals surface area contributed by atoms with Crippen LogP contribution in [0.3, 0.4) is 0 Å². The first-order valence-electron chi connectivity index (χ1n) is 4.81. The molecule has 0 saturated carbocycles. The van der Waals surface area contributed by atoms with E-state index in [0.29, 0.717) is 16.9 Å². The molecule has 1 aromatic heterocycles. The van der Waals surface area contributed by atoms with Gasteiger partial charge in [-0.05, 0) is 6.92 Å². The molecule has 0 aliphatic rings. The van der Waals surface area contributed by atoms with Crippen molar-refractivity contribution in [2.24, 2.45) is 7.05 Å². The summed E-state index contributed by atoms with van der Waals surface area (Å²) in [6, 6.07) is 0. The van der Waals surface area contributed by atoms with Gasteiger partial charge in [0.1, 0.15) is 0 Å². The number of aromatic nitrogens is 2. The van der Waals surface area contributed by atoms with Gasteiger partial charge in [-0.15, -0.1) is 0 Å². The average Bonchev–Trinajstić information content (AvgIpc) is 2.45. The molecule has 0 aromatic carbocycles. The first kappa shape index (κ1) is 12.2. The molecule has 4 nitrogen and oxygen atoms in total. The second kappa shape index (κ2) is 4.79. The number of rotatable bonds is 3. The number of halogens is 1. The fourth-order valence-electron chi connectivity index (χ4n) is 1.37. The number of aryl methyl sites for hydroxylation is 1. The predicted octanol–water partition coefficient (Wildman–Crippen LogP) is 1.58. The van der Waals surface area contributed by atoms with Crippen LogP contribution < -0.4 is 0 Å². The Labute approximate surface area is 98.4 Å². The number of alkyl halides is 1. The van der Waals surface area contributed by atoms with Gasteiger partial charge in [-0.3, -0.25) is 9.48 Å². The number of carbonyl (C=O) groups excluding carboxylic acids is 1. The molecule has 0 N–H and O–H groups in total. The molecule has 1 aromatic rings. The van der Waals surface area contributed by atoms with Crippen LogP contribution in [-0.4, -0.2) is 39.0 Å². The van der Waals surface area contributed by atoms with Crippen LogP contribution in [0, 0.1) is 6.92 Å². The normalized spacial score (nSPS) is 12.6. The lowest BCUT2D eigenvalue weighted by Gasteiger charge is -2.18. The molecule has 0 spiro atoms. The molecule has 0 aliphatic heterocycles. The first-order chi connectivity index (χ1) is 6.93. The minimum absolute atomic E-state index is 0.0203. The van der Waals surface area contributed by atoms with E-state index < -0.39 is 0 Å². The largest absolute Gasteiger partial charge is 0.340 e. The minimum Gasteiger partial charge on any atom is -0.340 e. The molecule has 5 heteroatoms. The predicted molar refractivity (Wildman–Crippen MR) is 63.3 cm³/mol. The Morgan fingerprint density at radius 2 is 2.33 bits per heavy atom. The first-order valence-corrected chi connectivity index (χ1v) is 5.73. The van der Waals surface area contributed by atoms with Crippen molar-refractivity contribution in [2.45, 2.75) is 18.7 Å². The second-order valence-electron chi connectivity index (χ2n) is 3.73. The number of amides is 1. The van der Waals surface area contributed by atoms with Gasteiger partial charge in [-0.1, -0.05) is 22.9 Å². The van der Waals surface area contributed by atoms with Gasteiger partial charge in [0.15, 0.2) is 0 Å². The summed E-state index contributed by atoms with van der Waals surface area (Å²) in [4.78, 5) is 14.0. The zero-order valence-electron chi connectivity index (χ0n) is 9.49. The van der Waals surface area contributed by atoms with Crippen LogP contribution in [0.25, 0.3) is 0 Å². The topological polar surface area (TPSA) is 38.1 Å². The van der Waals surface area contributed by atoms with Gasteiger partial charge in [-0.2, -0.15) is 5.10 Å². The quantitative estimate of drug-likeness (QED) is 0.785. The summed E-state index contributed by atoms with van der Waals surface area (Å²) >= 11 is 3.42. The van der Waals surface area contributed by atoms with Crippen molar-refractivity contribution in [3.05, 3.63) is 17.5 Å². The highest BCUT2D eigenvalue weighted by molar-refractivity contribution is 9.09. The van der Waals surface area contributed by atoms with Crippen LogP contribution in [0.15, 0.2) is 6.20 Å². The monoisotopic (exact) mass is 273 g/mol. The molecule has 1 unspecified atom stereocenters. The van der Waals surface area contributed by atoms with E-state index in [0.717, 1.165) is 5.69 Å². The van der Waals surface area contributed by atoms with E-state index in [1.165, 1.54) is 0 Å². The lowest BCUT2D eigenvalue weighted by molar-refractivity contribution is 0.0796. The highest BCUT2D eigenvalue weighted by atomic mass is 79.9. The Bertz CT molecular complexity index is 360. The number of carbonyl (C=O) groups is 1. The molecule has 0 radical (unpaired) electrons. The van der Waals surface area contributed by atoms with Gasteiger partial charge in [0, 0.05) is 31.2 Å². The summed E-state index contributed by atoms with van der Waals surface area (Å²) in [6.45, 7) is 4.60. The molecule has 1 heterocycles. The zero-order valence-corrected chi connectivity index (χ0v) is 11.1. The summed E-state index contributed by atoms with van der Waals surface area (Å²) in [5.74, 6) is 0.0203. The van der Waals surface area contributed by atoms with Crippen molar-refractivity contribution in [2.75, 3.05) is 13.6 Å². The SMILES string of the molecule is Cc1c(C(=O)N(C)CC(C)Br)cnn1C. The Balaban J connectivity index is 2.81. The molecule has 1 amide bonds. The third-order valence-electron chi connectivity index (χ3n) is 2.34. The van der Waals surface area contributed by atoms with Gasteiger partial charge < -0.3 is 4.90 Å². The molecule has 0 aliphatic carbocycles. The summed E-state index contributed by atoms with van der Waals surface area (Å²) < 4.78 is 1.71. The van der Waals surface area contributed by atoms with Gasteiger partial charge in [-0.25, -0.2) is 0 Å². The van der Waals surface area contributed by atoms with Crippen molar-refractivity contribution in [1.82, 2.24) is 14.7 Å². The van der Waals surface area contributed by atoms with Crippen molar-refractivity contribution in [1.29, 1.82) is 0 Å². The summed E-state index contributed by atoms with van der Waals surface area (Å²) in [6.07, 6.45) is 1.62. The second-order valence-corrected chi connectivity index (χ2v) is 5.30. The van der Waals surface area contributed by atoms with Crippen LogP contribution in [0.4, 0.5) is 0 Å². The van der Waals surface area contributed by atoms with Crippen LogP contribution in [0.1, 0.15) is 23.0 Å². The average molecular weight is 274 g/mol. The van der Waals surface area contributed by atoms with Gasteiger partial charge in [0.2, 0.25) is 0 Å². The van der Waals surface area contributed by atoms with Crippen LogP contribution in [0.5, 0.6) is 0 Å². The van der Waals surface area contributed by atoms with E-state index in [1.807, 2.05) is 20.9 Å². The molecular weight excluding hydrogens is 258 g/mol. The van der Waals surface area contributed by atoms with Gasteiger partial charge in [0.25, 0.3) is 5.91 Å². The van der Waals surface area contributed by atoms with Crippen molar-refractivity contribution < 1.29 is 4.79 Å². The Morgan fingerprint density at radius 1 is 1.73 bits per heavy atom. The van der Waals surface area contributed by atoms with E-state index in [4.69, 9.17) is 0 Å². The van der Waals surface area contributed by atoms with E-state index in [1.54, 1.807) is 22.8 Å². The number of hydrogen-bond acceptors (Lipinski definition) is 2. The number of nitrogens with zero attached hydrogens (tertiary/aromatic N) is 3. The Kier molecular flexibility index (Phi) is 3.90. The summed E-state index contributed by atoms with van der Waals surface area (Å²) in [5.41, 5.74) is 1.57. The van der Waals surface area contributed by atoms with Crippen molar-refractivity contribution in [3.8, 4) is 0 Å². The highest BCUT2D eigenvalue weighted by Gasteiger charge is 2.17. The number of hydrogen-bond donors (Lipinski definition) is 0. The van der Waals surface area contributed by atoms with E-state index >= 15 is 0 Å². The molecule has 1 rings (SSSR count). The lowest BCUT2D eigenvalue weighted by Crippen LogP contribution is -2.31. The van der Waals surface area contributed by atoms with Gasteiger partial charge in [0.05, 0.1) is 11.8 Å². The third-order valence-corrected chi connectivity index (χ3v) is 2.63.